The van der Waals surface area contributed by atoms with Crippen LogP contribution in [0.2, 0.25) is 0 Å². The molecule has 1 aliphatic heterocycles. The van der Waals surface area contributed by atoms with Crippen LogP contribution in [0.5, 0.6) is 17.2 Å². The topological polar surface area (TPSA) is 113 Å². The summed E-state index contributed by atoms with van der Waals surface area (Å²) in [6.07, 6.45) is 0.909. The molecule has 27 heavy (non-hydrogen) atoms. The monoisotopic (exact) mass is 372 g/mol. The standard InChI is InChI=1S/C20H20O7/c21-15-3-1-2-12(5-15)4-14-10-27-20(25)18(14)8-13-6-16(22)9-17(7-13)26-11-19(23)24/h1-3,5-7,9,14,18,21-22H,4,8,10-11H2,(H,23,24)/t14-,18+/m0/s1. The predicted molar refractivity (Wildman–Crippen MR) is 94.7 cm³/mol. The van der Waals surface area contributed by atoms with E-state index in [1.807, 2.05) is 6.07 Å². The Labute approximate surface area is 155 Å². The second-order valence-corrected chi connectivity index (χ2v) is 6.59. The summed E-state index contributed by atoms with van der Waals surface area (Å²) in [6.45, 7) is -0.227. The fraction of sp³-hybridized carbons (Fsp3) is 0.300. The van der Waals surface area contributed by atoms with Gasteiger partial charge in [-0.3, -0.25) is 4.79 Å². The van der Waals surface area contributed by atoms with Crippen LogP contribution >= 0.6 is 0 Å². The Morgan fingerprint density at radius 1 is 1.07 bits per heavy atom. The Morgan fingerprint density at radius 3 is 2.59 bits per heavy atom. The second-order valence-electron chi connectivity index (χ2n) is 6.59. The number of aromatic hydroxyl groups is 2. The van der Waals surface area contributed by atoms with E-state index >= 15 is 0 Å². The van der Waals surface area contributed by atoms with Crippen molar-refractivity contribution in [2.45, 2.75) is 12.8 Å². The molecule has 0 amide bonds. The highest BCUT2D eigenvalue weighted by molar-refractivity contribution is 5.75. The quantitative estimate of drug-likeness (QED) is 0.638. The van der Waals surface area contributed by atoms with E-state index in [1.165, 1.54) is 12.1 Å². The summed E-state index contributed by atoms with van der Waals surface area (Å²) in [7, 11) is 0. The molecule has 0 aromatic heterocycles. The summed E-state index contributed by atoms with van der Waals surface area (Å²) in [5, 5.41) is 28.2. The first-order valence-corrected chi connectivity index (χ1v) is 8.53. The molecule has 3 N–H and O–H groups in total. The van der Waals surface area contributed by atoms with Crippen LogP contribution in [-0.4, -0.2) is 40.5 Å². The molecule has 1 aliphatic rings. The number of benzene rings is 2. The number of ether oxygens (including phenoxy) is 2. The molecule has 0 unspecified atom stereocenters. The Kier molecular flexibility index (Phi) is 5.49. The Bertz CT molecular complexity index is 846. The van der Waals surface area contributed by atoms with Crippen molar-refractivity contribution in [1.29, 1.82) is 0 Å². The maximum absolute atomic E-state index is 12.2. The van der Waals surface area contributed by atoms with Gasteiger partial charge in [-0.05, 0) is 48.2 Å². The number of phenolic OH excluding ortho intramolecular Hbond substituents is 2. The lowest BCUT2D eigenvalue weighted by molar-refractivity contribution is -0.141. The molecule has 0 bridgehead atoms. The number of phenols is 2. The number of carboxylic acid groups (broad SMARTS) is 1. The molecular formula is C20H20O7. The molecule has 7 nitrogen and oxygen atoms in total. The maximum atomic E-state index is 12.2. The van der Waals surface area contributed by atoms with Gasteiger partial charge in [0.15, 0.2) is 6.61 Å². The SMILES string of the molecule is O=C(O)COc1cc(O)cc(C[C@H]2C(=O)OC[C@@H]2Cc2cccc(O)c2)c1. The van der Waals surface area contributed by atoms with Crippen LogP contribution < -0.4 is 4.74 Å². The van der Waals surface area contributed by atoms with Crippen LogP contribution in [0.1, 0.15) is 11.1 Å². The number of cyclic esters (lactones) is 1. The average Bonchev–Trinajstić information content (AvgIpc) is 2.93. The molecular weight excluding hydrogens is 352 g/mol. The van der Waals surface area contributed by atoms with E-state index in [9.17, 15) is 19.8 Å². The minimum Gasteiger partial charge on any atom is -0.508 e. The molecule has 0 radical (unpaired) electrons. The maximum Gasteiger partial charge on any atom is 0.341 e. The van der Waals surface area contributed by atoms with E-state index in [4.69, 9.17) is 14.6 Å². The van der Waals surface area contributed by atoms with Crippen LogP contribution in [-0.2, 0) is 27.2 Å². The molecule has 1 fully saturated rings. The summed E-state index contributed by atoms with van der Waals surface area (Å²) in [4.78, 5) is 22.8. The highest BCUT2D eigenvalue weighted by Gasteiger charge is 2.37. The summed E-state index contributed by atoms with van der Waals surface area (Å²) in [5.74, 6) is -1.57. The summed E-state index contributed by atoms with van der Waals surface area (Å²) in [6, 6.07) is 11.3. The minimum absolute atomic E-state index is 0.0648. The van der Waals surface area contributed by atoms with Crippen molar-refractivity contribution < 1.29 is 34.4 Å². The molecule has 2 aromatic carbocycles. The van der Waals surface area contributed by atoms with Crippen molar-refractivity contribution in [3.8, 4) is 17.2 Å². The predicted octanol–water partition coefficient (Wildman–Crippen LogP) is 2.14. The minimum atomic E-state index is -1.12. The molecule has 7 heteroatoms. The lowest BCUT2D eigenvalue weighted by atomic mass is 9.85. The second kappa shape index (κ2) is 7.99. The molecule has 1 heterocycles. The van der Waals surface area contributed by atoms with E-state index in [1.54, 1.807) is 24.3 Å². The van der Waals surface area contributed by atoms with Crippen LogP contribution in [0.3, 0.4) is 0 Å². The zero-order valence-corrected chi connectivity index (χ0v) is 14.5. The number of rotatable bonds is 7. The van der Waals surface area contributed by atoms with E-state index in [0.29, 0.717) is 25.0 Å². The fourth-order valence-electron chi connectivity index (χ4n) is 3.29. The summed E-state index contributed by atoms with van der Waals surface area (Å²) >= 11 is 0. The van der Waals surface area contributed by atoms with Crippen molar-refractivity contribution in [3.63, 3.8) is 0 Å². The number of esters is 1. The van der Waals surface area contributed by atoms with Gasteiger partial charge < -0.3 is 24.8 Å². The third-order valence-corrected chi connectivity index (χ3v) is 4.49. The zero-order chi connectivity index (χ0) is 19.4. The van der Waals surface area contributed by atoms with E-state index in [0.717, 1.165) is 5.56 Å². The number of aliphatic carboxylic acids is 1. The molecule has 0 aliphatic carbocycles. The van der Waals surface area contributed by atoms with Crippen molar-refractivity contribution in [2.24, 2.45) is 11.8 Å². The molecule has 0 saturated carbocycles. The third-order valence-electron chi connectivity index (χ3n) is 4.49. The van der Waals surface area contributed by atoms with Crippen LogP contribution in [0.4, 0.5) is 0 Å². The molecule has 3 rings (SSSR count). The van der Waals surface area contributed by atoms with Gasteiger partial charge in [-0.15, -0.1) is 0 Å². The van der Waals surface area contributed by atoms with E-state index in [2.05, 4.69) is 0 Å². The molecule has 142 valence electrons. The number of carbonyl (C=O) groups is 2. The van der Waals surface area contributed by atoms with Crippen LogP contribution in [0.25, 0.3) is 0 Å². The Morgan fingerprint density at radius 2 is 1.85 bits per heavy atom. The smallest absolute Gasteiger partial charge is 0.341 e. The van der Waals surface area contributed by atoms with Gasteiger partial charge in [0, 0.05) is 12.0 Å². The van der Waals surface area contributed by atoms with Gasteiger partial charge in [0.25, 0.3) is 0 Å². The first kappa shape index (κ1) is 18.6. The highest BCUT2D eigenvalue weighted by atomic mass is 16.5. The van der Waals surface area contributed by atoms with Gasteiger partial charge in [-0.25, -0.2) is 4.79 Å². The first-order chi connectivity index (χ1) is 12.9. The number of hydrogen-bond acceptors (Lipinski definition) is 6. The number of hydrogen-bond donors (Lipinski definition) is 3. The van der Waals surface area contributed by atoms with Gasteiger partial charge in [-0.1, -0.05) is 12.1 Å². The van der Waals surface area contributed by atoms with Gasteiger partial charge in [0.05, 0.1) is 12.5 Å². The molecule has 2 aromatic rings. The van der Waals surface area contributed by atoms with Crippen molar-refractivity contribution in [2.75, 3.05) is 13.2 Å². The molecule has 0 spiro atoms. The third kappa shape index (κ3) is 4.91. The largest absolute Gasteiger partial charge is 0.508 e. The Balaban J connectivity index is 1.74. The molecule has 1 saturated heterocycles. The fourth-order valence-corrected chi connectivity index (χ4v) is 3.29. The normalized spacial score (nSPS) is 18.9. The zero-order valence-electron chi connectivity index (χ0n) is 14.5. The van der Waals surface area contributed by atoms with E-state index < -0.39 is 18.5 Å². The summed E-state index contributed by atoms with van der Waals surface area (Å²) in [5.41, 5.74) is 1.56. The van der Waals surface area contributed by atoms with E-state index in [-0.39, 0.29) is 29.1 Å². The summed E-state index contributed by atoms with van der Waals surface area (Å²) < 4.78 is 10.3. The van der Waals surface area contributed by atoms with Gasteiger partial charge >= 0.3 is 11.9 Å². The molecule has 2 atom stereocenters. The van der Waals surface area contributed by atoms with Crippen molar-refractivity contribution in [3.05, 3.63) is 53.6 Å². The van der Waals surface area contributed by atoms with Crippen molar-refractivity contribution >= 4 is 11.9 Å². The van der Waals surface area contributed by atoms with Crippen molar-refractivity contribution in [1.82, 2.24) is 0 Å². The highest BCUT2D eigenvalue weighted by Crippen LogP contribution is 2.32. The van der Waals surface area contributed by atoms with Gasteiger partial charge in [0.1, 0.15) is 17.2 Å². The van der Waals surface area contributed by atoms with Crippen LogP contribution in [0.15, 0.2) is 42.5 Å². The lowest BCUT2D eigenvalue weighted by Crippen LogP contribution is -2.20. The number of carbonyl (C=O) groups excluding carboxylic acids is 1. The van der Waals surface area contributed by atoms with Gasteiger partial charge in [0.2, 0.25) is 0 Å². The van der Waals surface area contributed by atoms with Crippen LogP contribution in [0, 0.1) is 11.8 Å². The number of carboxylic acids is 1. The Hall–Kier alpha value is -3.22. The first-order valence-electron chi connectivity index (χ1n) is 8.53. The lowest BCUT2D eigenvalue weighted by Gasteiger charge is -2.16. The average molecular weight is 372 g/mol. The van der Waals surface area contributed by atoms with Gasteiger partial charge in [-0.2, -0.15) is 0 Å².